The fourth-order valence-electron chi connectivity index (χ4n) is 3.28. The molecule has 3 aromatic carbocycles. The summed E-state index contributed by atoms with van der Waals surface area (Å²) in [4.78, 5) is 24.4. The minimum atomic E-state index is -0.526. The number of nitrogens with one attached hydrogen (secondary N) is 2. The van der Waals surface area contributed by atoms with E-state index in [1.807, 2.05) is 36.4 Å². The second kappa shape index (κ2) is 9.05. The number of anilines is 2. The number of carbonyl (C=O) groups excluding carboxylic acids is 2. The minimum Gasteiger partial charge on any atom is -0.479 e. The van der Waals surface area contributed by atoms with E-state index in [0.717, 1.165) is 11.1 Å². The number of carbonyl (C=O) groups is 2. The van der Waals surface area contributed by atoms with Crippen LogP contribution in [0.1, 0.15) is 23.3 Å². The maximum Gasteiger partial charge on any atom is 0.265 e. The van der Waals surface area contributed by atoms with Gasteiger partial charge in [-0.3, -0.25) is 9.59 Å². The second-order valence-electron chi connectivity index (χ2n) is 7.02. The van der Waals surface area contributed by atoms with Crippen molar-refractivity contribution >= 4 is 35.0 Å². The average molecular weight is 419 g/mol. The van der Waals surface area contributed by atoms with Crippen LogP contribution in [0, 0.1) is 0 Å². The molecule has 3 aromatic rings. The van der Waals surface area contributed by atoms with Gasteiger partial charge in [0.25, 0.3) is 5.91 Å². The summed E-state index contributed by atoms with van der Waals surface area (Å²) in [6, 6.07) is 25.6. The molecule has 5 nitrogen and oxygen atoms in total. The molecular formula is C24H22N2O3S. The van der Waals surface area contributed by atoms with Crippen LogP contribution in [0.15, 0.2) is 78.9 Å². The first-order chi connectivity index (χ1) is 14.6. The summed E-state index contributed by atoms with van der Waals surface area (Å²) in [5.41, 5.74) is 3.50. The van der Waals surface area contributed by atoms with Crippen LogP contribution in [0.2, 0.25) is 0 Å². The van der Waals surface area contributed by atoms with Gasteiger partial charge in [-0.25, -0.2) is 0 Å². The smallest absolute Gasteiger partial charge is 0.265 e. The van der Waals surface area contributed by atoms with Gasteiger partial charge in [-0.2, -0.15) is 0 Å². The normalized spacial score (nSPS) is 15.1. The lowest BCUT2D eigenvalue weighted by molar-refractivity contribution is -0.122. The Morgan fingerprint density at radius 1 is 1.03 bits per heavy atom. The SMILES string of the molecule is C[C@H]1Oc2ccc(NC(=O)CSC(c3ccccc3)c3ccccc3)cc2NC1=O. The topological polar surface area (TPSA) is 67.4 Å². The summed E-state index contributed by atoms with van der Waals surface area (Å²) in [6.45, 7) is 1.70. The lowest BCUT2D eigenvalue weighted by atomic mass is 10.0. The molecule has 2 amide bonds. The Morgan fingerprint density at radius 2 is 1.67 bits per heavy atom. The molecule has 0 bridgehead atoms. The summed E-state index contributed by atoms with van der Waals surface area (Å²) in [7, 11) is 0. The van der Waals surface area contributed by atoms with Crippen molar-refractivity contribution in [2.75, 3.05) is 16.4 Å². The fraction of sp³-hybridized carbons (Fsp3) is 0.167. The molecule has 0 aromatic heterocycles. The third-order valence-corrected chi connectivity index (χ3v) is 6.09. The monoisotopic (exact) mass is 418 g/mol. The third-order valence-electron chi connectivity index (χ3n) is 4.78. The van der Waals surface area contributed by atoms with E-state index < -0.39 is 6.10 Å². The number of benzene rings is 3. The van der Waals surface area contributed by atoms with Crippen molar-refractivity contribution in [3.8, 4) is 5.75 Å². The number of fused-ring (bicyclic) bond motifs is 1. The van der Waals surface area contributed by atoms with Crippen molar-refractivity contribution in [2.24, 2.45) is 0 Å². The van der Waals surface area contributed by atoms with Crippen molar-refractivity contribution in [3.63, 3.8) is 0 Å². The van der Waals surface area contributed by atoms with Crippen LogP contribution in [-0.2, 0) is 9.59 Å². The van der Waals surface area contributed by atoms with Crippen LogP contribution in [0.25, 0.3) is 0 Å². The van der Waals surface area contributed by atoms with Crippen LogP contribution in [0.3, 0.4) is 0 Å². The Balaban J connectivity index is 1.43. The average Bonchev–Trinajstić information content (AvgIpc) is 2.76. The first-order valence-electron chi connectivity index (χ1n) is 9.73. The summed E-state index contributed by atoms with van der Waals surface area (Å²) >= 11 is 1.58. The molecule has 0 unspecified atom stereocenters. The van der Waals surface area contributed by atoms with E-state index in [1.165, 1.54) is 0 Å². The first kappa shape index (κ1) is 20.0. The molecule has 4 rings (SSSR count). The molecule has 1 atom stereocenters. The summed E-state index contributed by atoms with van der Waals surface area (Å²) in [6.07, 6.45) is -0.526. The largest absolute Gasteiger partial charge is 0.479 e. The van der Waals surface area contributed by atoms with Gasteiger partial charge in [-0.05, 0) is 36.2 Å². The van der Waals surface area contributed by atoms with E-state index in [-0.39, 0.29) is 17.1 Å². The number of hydrogen-bond donors (Lipinski definition) is 2. The van der Waals surface area contributed by atoms with E-state index in [2.05, 4.69) is 34.9 Å². The summed E-state index contributed by atoms with van der Waals surface area (Å²) in [5.74, 6) is 0.594. The lowest BCUT2D eigenvalue weighted by Crippen LogP contribution is -2.34. The molecule has 2 N–H and O–H groups in total. The minimum absolute atomic E-state index is 0.0656. The lowest BCUT2D eigenvalue weighted by Gasteiger charge is -2.23. The number of rotatable bonds is 6. The van der Waals surface area contributed by atoms with Crippen LogP contribution < -0.4 is 15.4 Å². The molecule has 0 saturated heterocycles. The molecule has 6 heteroatoms. The Morgan fingerprint density at radius 3 is 2.30 bits per heavy atom. The van der Waals surface area contributed by atoms with E-state index in [4.69, 9.17) is 4.74 Å². The first-order valence-corrected chi connectivity index (χ1v) is 10.8. The van der Waals surface area contributed by atoms with Gasteiger partial charge in [-0.1, -0.05) is 60.7 Å². The van der Waals surface area contributed by atoms with E-state index in [9.17, 15) is 9.59 Å². The maximum absolute atomic E-state index is 12.6. The highest BCUT2D eigenvalue weighted by atomic mass is 32.2. The van der Waals surface area contributed by atoms with Gasteiger partial charge < -0.3 is 15.4 Å². The molecule has 0 saturated carbocycles. The number of thioether (sulfide) groups is 1. The zero-order chi connectivity index (χ0) is 20.9. The standard InChI is InChI=1S/C24H22N2O3S/c1-16-24(28)26-20-14-19(12-13-21(20)29-16)25-22(27)15-30-23(17-8-4-2-5-9-17)18-10-6-3-7-11-18/h2-14,16,23H,15H2,1H3,(H,25,27)(H,26,28)/t16-/m1/s1. The highest BCUT2D eigenvalue weighted by Crippen LogP contribution is 2.36. The molecule has 30 heavy (non-hydrogen) atoms. The molecule has 1 aliphatic heterocycles. The van der Waals surface area contributed by atoms with Gasteiger partial charge in [0.05, 0.1) is 16.7 Å². The molecule has 152 valence electrons. The molecule has 1 heterocycles. The Hall–Kier alpha value is -3.25. The second-order valence-corrected chi connectivity index (χ2v) is 8.11. The van der Waals surface area contributed by atoms with Crippen molar-refractivity contribution in [2.45, 2.75) is 18.3 Å². The van der Waals surface area contributed by atoms with Crippen molar-refractivity contribution < 1.29 is 14.3 Å². The van der Waals surface area contributed by atoms with Crippen molar-refractivity contribution in [1.29, 1.82) is 0 Å². The summed E-state index contributed by atoms with van der Waals surface area (Å²) < 4.78 is 5.55. The predicted molar refractivity (Wildman–Crippen MR) is 121 cm³/mol. The van der Waals surface area contributed by atoms with Gasteiger partial charge in [0, 0.05) is 5.69 Å². The van der Waals surface area contributed by atoms with Gasteiger partial charge in [-0.15, -0.1) is 11.8 Å². The molecule has 0 spiro atoms. The van der Waals surface area contributed by atoms with Crippen LogP contribution in [-0.4, -0.2) is 23.7 Å². The fourth-order valence-corrected chi connectivity index (χ4v) is 4.37. The highest BCUT2D eigenvalue weighted by Gasteiger charge is 2.24. The van der Waals surface area contributed by atoms with Crippen molar-refractivity contribution in [3.05, 3.63) is 90.0 Å². The molecular weight excluding hydrogens is 396 g/mol. The van der Waals surface area contributed by atoms with Crippen LogP contribution in [0.4, 0.5) is 11.4 Å². The number of amides is 2. The van der Waals surface area contributed by atoms with Gasteiger partial charge in [0.1, 0.15) is 5.75 Å². The van der Waals surface area contributed by atoms with Gasteiger partial charge in [0.15, 0.2) is 6.10 Å². The molecule has 0 fully saturated rings. The Labute approximate surface area is 179 Å². The molecule has 1 aliphatic rings. The van der Waals surface area contributed by atoms with E-state index in [0.29, 0.717) is 22.9 Å². The predicted octanol–water partition coefficient (Wildman–Crippen LogP) is 4.87. The summed E-state index contributed by atoms with van der Waals surface area (Å²) in [5, 5.41) is 5.77. The number of ether oxygens (including phenoxy) is 1. The van der Waals surface area contributed by atoms with Crippen molar-refractivity contribution in [1.82, 2.24) is 0 Å². The van der Waals surface area contributed by atoms with Gasteiger partial charge >= 0.3 is 0 Å². The van der Waals surface area contributed by atoms with E-state index >= 15 is 0 Å². The third kappa shape index (κ3) is 4.66. The zero-order valence-corrected chi connectivity index (χ0v) is 17.3. The maximum atomic E-state index is 12.6. The van der Waals surface area contributed by atoms with Gasteiger partial charge in [0.2, 0.25) is 5.91 Å². The van der Waals surface area contributed by atoms with Crippen LogP contribution >= 0.6 is 11.8 Å². The molecule has 0 aliphatic carbocycles. The van der Waals surface area contributed by atoms with E-state index in [1.54, 1.807) is 36.9 Å². The Kier molecular flexibility index (Phi) is 6.05. The molecule has 0 radical (unpaired) electrons. The quantitative estimate of drug-likeness (QED) is 0.599. The number of hydrogen-bond acceptors (Lipinski definition) is 4. The highest BCUT2D eigenvalue weighted by molar-refractivity contribution is 8.00. The Bertz CT molecular complexity index is 1000. The zero-order valence-electron chi connectivity index (χ0n) is 16.5. The van der Waals surface area contributed by atoms with Crippen LogP contribution in [0.5, 0.6) is 5.75 Å².